The van der Waals surface area contributed by atoms with Crippen LogP contribution in [0.25, 0.3) is 0 Å². The third kappa shape index (κ3) is 2.98. The molecular weight excluding hydrogens is 258 g/mol. The van der Waals surface area contributed by atoms with Crippen LogP contribution in [0.1, 0.15) is 35.1 Å². The maximum absolute atomic E-state index is 11.0. The molecule has 2 heterocycles. The van der Waals surface area contributed by atoms with E-state index in [0.29, 0.717) is 0 Å². The Morgan fingerprint density at radius 1 is 1.32 bits per heavy atom. The Hall–Kier alpha value is -0.940. The van der Waals surface area contributed by atoms with Crippen LogP contribution in [0.15, 0.2) is 0 Å². The van der Waals surface area contributed by atoms with Gasteiger partial charge in [-0.25, -0.2) is 4.98 Å². The van der Waals surface area contributed by atoms with E-state index in [1.54, 1.807) is 11.3 Å². The van der Waals surface area contributed by atoms with Gasteiger partial charge >= 0.3 is 0 Å². The predicted octanol–water partition coefficient (Wildman–Crippen LogP) is 2.05. The van der Waals surface area contributed by atoms with E-state index in [1.165, 1.54) is 19.4 Å². The van der Waals surface area contributed by atoms with Gasteiger partial charge in [0.1, 0.15) is 0 Å². The number of aryl methyl sites for hydroxylation is 1. The average Bonchev–Trinajstić information content (AvgIpc) is 3.16. The largest absolute Gasteiger partial charge is 0.346 e. The minimum Gasteiger partial charge on any atom is -0.346 e. The van der Waals surface area contributed by atoms with E-state index in [0.717, 1.165) is 60.5 Å². The summed E-state index contributed by atoms with van der Waals surface area (Å²) in [6.45, 7) is 7.69. The minimum atomic E-state index is 0.804. The van der Waals surface area contributed by atoms with Crippen molar-refractivity contribution in [2.24, 2.45) is 5.92 Å². The summed E-state index contributed by atoms with van der Waals surface area (Å²) in [6.07, 6.45) is 4.64. The summed E-state index contributed by atoms with van der Waals surface area (Å²) in [5, 5.41) is 1.03. The molecule has 2 fully saturated rings. The molecule has 0 unspecified atom stereocenters. The number of carbonyl (C=O) groups is 1. The summed E-state index contributed by atoms with van der Waals surface area (Å²) >= 11 is 1.55. The molecule has 0 radical (unpaired) electrons. The number of hydrogen-bond donors (Lipinski definition) is 0. The molecule has 0 amide bonds. The quantitative estimate of drug-likeness (QED) is 0.773. The number of aldehydes is 1. The number of carbonyl (C=O) groups excluding carboxylic acids is 1. The van der Waals surface area contributed by atoms with Crippen molar-refractivity contribution in [2.45, 2.75) is 26.2 Å². The van der Waals surface area contributed by atoms with E-state index in [2.05, 4.69) is 21.7 Å². The van der Waals surface area contributed by atoms with Gasteiger partial charge in [0.05, 0.1) is 10.6 Å². The SMILES string of the molecule is CCc1nc(N2CCN(CC3CC3)CC2)sc1C=O. The molecule has 0 spiro atoms. The second-order valence-electron chi connectivity index (χ2n) is 5.51. The zero-order valence-corrected chi connectivity index (χ0v) is 12.3. The second-order valence-corrected chi connectivity index (χ2v) is 6.52. The summed E-state index contributed by atoms with van der Waals surface area (Å²) in [7, 11) is 0. The normalized spacial score (nSPS) is 20.8. The van der Waals surface area contributed by atoms with Gasteiger partial charge in [-0.1, -0.05) is 18.3 Å². The van der Waals surface area contributed by atoms with Crippen molar-refractivity contribution in [3.63, 3.8) is 0 Å². The van der Waals surface area contributed by atoms with Crippen LogP contribution < -0.4 is 4.90 Å². The molecule has 104 valence electrons. The third-order valence-electron chi connectivity index (χ3n) is 4.01. The van der Waals surface area contributed by atoms with Crippen LogP contribution in [-0.4, -0.2) is 48.9 Å². The maximum atomic E-state index is 11.0. The molecule has 0 aromatic carbocycles. The lowest BCUT2D eigenvalue weighted by Gasteiger charge is -2.34. The lowest BCUT2D eigenvalue weighted by molar-refractivity contribution is 0.112. The lowest BCUT2D eigenvalue weighted by atomic mass is 10.3. The highest BCUT2D eigenvalue weighted by Gasteiger charge is 2.27. The third-order valence-corrected chi connectivity index (χ3v) is 5.10. The molecule has 1 saturated heterocycles. The number of hydrogen-bond acceptors (Lipinski definition) is 5. The van der Waals surface area contributed by atoms with Crippen LogP contribution in [0.5, 0.6) is 0 Å². The molecule has 4 nitrogen and oxygen atoms in total. The maximum Gasteiger partial charge on any atom is 0.186 e. The molecule has 5 heteroatoms. The molecule has 0 atom stereocenters. The van der Waals surface area contributed by atoms with Crippen LogP contribution in [0.3, 0.4) is 0 Å². The van der Waals surface area contributed by atoms with Crippen molar-refractivity contribution >= 4 is 22.8 Å². The van der Waals surface area contributed by atoms with E-state index in [1.807, 2.05) is 0 Å². The van der Waals surface area contributed by atoms with Crippen molar-refractivity contribution in [2.75, 3.05) is 37.6 Å². The van der Waals surface area contributed by atoms with Crippen molar-refractivity contribution in [3.05, 3.63) is 10.6 Å². The fourth-order valence-electron chi connectivity index (χ4n) is 2.62. The number of thiazole rings is 1. The van der Waals surface area contributed by atoms with Gasteiger partial charge in [0, 0.05) is 32.7 Å². The number of aromatic nitrogens is 1. The standard InChI is InChI=1S/C14H21N3OS/c1-2-12-13(10-18)19-14(15-12)17-7-5-16(6-8-17)9-11-3-4-11/h10-11H,2-9H2,1H3. The zero-order valence-electron chi connectivity index (χ0n) is 11.5. The van der Waals surface area contributed by atoms with E-state index in [4.69, 9.17) is 0 Å². The van der Waals surface area contributed by atoms with Crippen LogP contribution in [0.2, 0.25) is 0 Å². The Morgan fingerprint density at radius 3 is 2.58 bits per heavy atom. The van der Waals surface area contributed by atoms with Gasteiger partial charge in [-0.3, -0.25) is 9.69 Å². The van der Waals surface area contributed by atoms with Crippen LogP contribution in [0.4, 0.5) is 5.13 Å². The lowest BCUT2D eigenvalue weighted by Crippen LogP contribution is -2.47. The van der Waals surface area contributed by atoms with Gasteiger partial charge in [-0.2, -0.15) is 0 Å². The van der Waals surface area contributed by atoms with E-state index < -0.39 is 0 Å². The molecule has 2 aliphatic rings. The van der Waals surface area contributed by atoms with E-state index in [-0.39, 0.29) is 0 Å². The molecule has 1 saturated carbocycles. The van der Waals surface area contributed by atoms with E-state index in [9.17, 15) is 4.79 Å². The number of piperazine rings is 1. The molecule has 1 aromatic heterocycles. The molecular formula is C14H21N3OS. The smallest absolute Gasteiger partial charge is 0.186 e. The zero-order chi connectivity index (χ0) is 13.2. The number of rotatable bonds is 5. The summed E-state index contributed by atoms with van der Waals surface area (Å²) in [4.78, 5) is 21.3. The summed E-state index contributed by atoms with van der Waals surface area (Å²) in [6, 6.07) is 0. The fraction of sp³-hybridized carbons (Fsp3) is 0.714. The Morgan fingerprint density at radius 2 is 2.05 bits per heavy atom. The first-order chi connectivity index (χ1) is 9.30. The molecule has 0 N–H and O–H groups in total. The summed E-state index contributed by atoms with van der Waals surface area (Å²) < 4.78 is 0. The Labute approximate surface area is 118 Å². The summed E-state index contributed by atoms with van der Waals surface area (Å²) in [5.74, 6) is 0.972. The monoisotopic (exact) mass is 279 g/mol. The first-order valence-corrected chi connectivity index (χ1v) is 8.04. The van der Waals surface area contributed by atoms with Gasteiger partial charge in [0.15, 0.2) is 11.4 Å². The topological polar surface area (TPSA) is 36.4 Å². The van der Waals surface area contributed by atoms with Crippen molar-refractivity contribution in [1.82, 2.24) is 9.88 Å². The second kappa shape index (κ2) is 5.59. The Balaban J connectivity index is 1.60. The van der Waals surface area contributed by atoms with Gasteiger partial charge in [-0.05, 0) is 25.2 Å². The van der Waals surface area contributed by atoms with Gasteiger partial charge in [0.2, 0.25) is 0 Å². The van der Waals surface area contributed by atoms with Crippen molar-refractivity contribution in [3.8, 4) is 0 Å². The summed E-state index contributed by atoms with van der Waals surface area (Å²) in [5.41, 5.74) is 0.954. The van der Waals surface area contributed by atoms with Gasteiger partial charge < -0.3 is 4.90 Å². The highest BCUT2D eigenvalue weighted by Crippen LogP contribution is 2.31. The van der Waals surface area contributed by atoms with E-state index >= 15 is 0 Å². The van der Waals surface area contributed by atoms with Crippen molar-refractivity contribution < 1.29 is 4.79 Å². The minimum absolute atomic E-state index is 0.804. The first kappa shape index (κ1) is 13.1. The Bertz CT molecular complexity index is 448. The molecule has 3 rings (SSSR count). The Kier molecular flexibility index (Phi) is 3.84. The highest BCUT2D eigenvalue weighted by molar-refractivity contribution is 7.17. The highest BCUT2D eigenvalue weighted by atomic mass is 32.1. The number of anilines is 1. The molecule has 19 heavy (non-hydrogen) atoms. The molecule has 0 bridgehead atoms. The number of nitrogens with zero attached hydrogens (tertiary/aromatic N) is 3. The molecule has 1 aliphatic carbocycles. The van der Waals surface area contributed by atoms with Gasteiger partial charge in [-0.15, -0.1) is 0 Å². The predicted molar refractivity (Wildman–Crippen MR) is 78.3 cm³/mol. The average molecular weight is 279 g/mol. The fourth-order valence-corrected chi connectivity index (χ4v) is 3.64. The van der Waals surface area contributed by atoms with Crippen molar-refractivity contribution in [1.29, 1.82) is 0 Å². The van der Waals surface area contributed by atoms with Crippen LogP contribution >= 0.6 is 11.3 Å². The first-order valence-electron chi connectivity index (χ1n) is 7.22. The molecule has 1 aromatic rings. The molecule has 1 aliphatic heterocycles. The van der Waals surface area contributed by atoms with Gasteiger partial charge in [0.25, 0.3) is 0 Å². The van der Waals surface area contributed by atoms with Crippen LogP contribution in [-0.2, 0) is 6.42 Å². The van der Waals surface area contributed by atoms with Crippen LogP contribution in [0, 0.1) is 5.92 Å².